The number of aryl methyl sites for hydroxylation is 1. The summed E-state index contributed by atoms with van der Waals surface area (Å²) in [5.74, 6) is 1.51. The first-order valence-electron chi connectivity index (χ1n) is 8.10. The van der Waals surface area contributed by atoms with Crippen molar-refractivity contribution in [2.24, 2.45) is 13.0 Å². The van der Waals surface area contributed by atoms with Crippen LogP contribution >= 0.6 is 0 Å². The molecule has 2 unspecified atom stereocenters. The normalized spacial score (nSPS) is 20.9. The fourth-order valence-electron chi connectivity index (χ4n) is 3.48. The van der Waals surface area contributed by atoms with Gasteiger partial charge in [0.2, 0.25) is 0 Å². The maximum atomic E-state index is 4.58. The van der Waals surface area contributed by atoms with Crippen LogP contribution in [0.25, 0.3) is 11.2 Å². The molecule has 1 aliphatic carbocycles. The Morgan fingerprint density at radius 2 is 2.13 bits per heavy atom. The summed E-state index contributed by atoms with van der Waals surface area (Å²) < 4.78 is 1.87. The van der Waals surface area contributed by atoms with E-state index in [1.165, 1.54) is 24.8 Å². The highest BCUT2D eigenvalue weighted by Crippen LogP contribution is 2.31. The quantitative estimate of drug-likeness (QED) is 0.802. The smallest absolute Gasteiger partial charge is 0.180 e. The van der Waals surface area contributed by atoms with Gasteiger partial charge in [-0.25, -0.2) is 9.97 Å². The predicted octanol–water partition coefficient (Wildman–Crippen LogP) is 2.58. The Morgan fingerprint density at radius 3 is 3.00 bits per heavy atom. The van der Waals surface area contributed by atoms with E-state index in [9.17, 15) is 0 Å². The first kappa shape index (κ1) is 14.1. The highest BCUT2D eigenvalue weighted by atomic mass is 15.2. The molecule has 1 aliphatic rings. The number of hydrogen-bond donors (Lipinski definition) is 1. The Balaban J connectivity index is 1.49. The average molecular weight is 308 g/mol. The van der Waals surface area contributed by atoms with E-state index in [4.69, 9.17) is 0 Å². The van der Waals surface area contributed by atoms with Crippen molar-refractivity contribution >= 4 is 17.0 Å². The van der Waals surface area contributed by atoms with Crippen LogP contribution in [0.1, 0.15) is 24.8 Å². The molecule has 1 fully saturated rings. The number of anilines is 1. The summed E-state index contributed by atoms with van der Waals surface area (Å²) in [5.41, 5.74) is 2.83. The molecule has 2 atom stereocenters. The molecule has 0 aromatic carbocycles. The van der Waals surface area contributed by atoms with Crippen LogP contribution in [0, 0.1) is 5.92 Å². The van der Waals surface area contributed by atoms with Crippen LogP contribution in [0.4, 0.5) is 5.82 Å². The zero-order valence-corrected chi connectivity index (χ0v) is 13.2. The minimum atomic E-state index is 0.455. The zero-order chi connectivity index (χ0) is 15.6. The molecule has 3 aromatic rings. The molecule has 0 spiro atoms. The number of fused-ring (bicyclic) bond motifs is 1. The van der Waals surface area contributed by atoms with Crippen molar-refractivity contribution in [3.05, 3.63) is 42.5 Å². The minimum Gasteiger partial charge on any atom is -0.367 e. The Bertz CT molecular complexity index is 811. The average Bonchev–Trinajstić information content (AvgIpc) is 3.17. The lowest BCUT2D eigenvalue weighted by molar-refractivity contribution is 0.501. The van der Waals surface area contributed by atoms with Gasteiger partial charge in [0, 0.05) is 31.7 Å². The third kappa shape index (κ3) is 3.02. The summed E-state index contributed by atoms with van der Waals surface area (Å²) in [4.78, 5) is 13.1. The topological polar surface area (TPSA) is 68.5 Å². The van der Waals surface area contributed by atoms with Crippen LogP contribution in [0.5, 0.6) is 0 Å². The van der Waals surface area contributed by atoms with E-state index in [0.717, 1.165) is 17.8 Å². The van der Waals surface area contributed by atoms with Gasteiger partial charge in [0.15, 0.2) is 5.65 Å². The summed E-state index contributed by atoms with van der Waals surface area (Å²) >= 11 is 0. The van der Waals surface area contributed by atoms with E-state index in [1.54, 1.807) is 12.4 Å². The monoisotopic (exact) mass is 308 g/mol. The van der Waals surface area contributed by atoms with Gasteiger partial charge in [-0.3, -0.25) is 9.67 Å². The molecule has 1 N–H and O–H groups in total. The summed E-state index contributed by atoms with van der Waals surface area (Å²) in [6.45, 7) is 0. The molecule has 0 amide bonds. The lowest BCUT2D eigenvalue weighted by atomic mass is 9.96. The van der Waals surface area contributed by atoms with E-state index < -0.39 is 0 Å². The van der Waals surface area contributed by atoms with E-state index >= 15 is 0 Å². The molecule has 3 heterocycles. The predicted molar refractivity (Wildman–Crippen MR) is 89.0 cm³/mol. The molecular formula is C17H20N6. The molecule has 0 radical (unpaired) electrons. The van der Waals surface area contributed by atoms with Gasteiger partial charge in [0.05, 0.1) is 6.20 Å². The van der Waals surface area contributed by atoms with Crippen LogP contribution < -0.4 is 5.32 Å². The maximum absolute atomic E-state index is 4.58. The number of pyridine rings is 1. The van der Waals surface area contributed by atoms with Gasteiger partial charge in [0.1, 0.15) is 11.3 Å². The molecule has 0 aliphatic heterocycles. The summed E-state index contributed by atoms with van der Waals surface area (Å²) in [5, 5.41) is 7.87. The lowest BCUT2D eigenvalue weighted by Crippen LogP contribution is -2.26. The molecule has 23 heavy (non-hydrogen) atoms. The van der Waals surface area contributed by atoms with Crippen LogP contribution in [0.2, 0.25) is 0 Å². The molecule has 0 bridgehead atoms. The Morgan fingerprint density at radius 1 is 1.22 bits per heavy atom. The van der Waals surface area contributed by atoms with Gasteiger partial charge in [-0.15, -0.1) is 0 Å². The van der Waals surface area contributed by atoms with Gasteiger partial charge < -0.3 is 5.32 Å². The zero-order valence-electron chi connectivity index (χ0n) is 13.2. The number of aromatic nitrogens is 5. The third-order valence-electron chi connectivity index (χ3n) is 4.58. The summed E-state index contributed by atoms with van der Waals surface area (Å²) in [6, 6.07) is 4.43. The molecule has 6 nitrogen and oxygen atoms in total. The van der Waals surface area contributed by atoms with Crippen LogP contribution in [-0.2, 0) is 13.5 Å². The second-order valence-electron chi connectivity index (χ2n) is 6.26. The Kier molecular flexibility index (Phi) is 3.65. The van der Waals surface area contributed by atoms with Gasteiger partial charge in [0.25, 0.3) is 0 Å². The lowest BCUT2D eigenvalue weighted by Gasteiger charge is -2.21. The second kappa shape index (κ2) is 5.95. The van der Waals surface area contributed by atoms with E-state index in [2.05, 4.69) is 31.6 Å². The maximum Gasteiger partial charge on any atom is 0.180 e. The molecule has 6 heteroatoms. The van der Waals surface area contributed by atoms with Crippen LogP contribution in [0.15, 0.2) is 36.9 Å². The number of nitrogens with zero attached hydrogens (tertiary/aromatic N) is 5. The van der Waals surface area contributed by atoms with E-state index in [-0.39, 0.29) is 0 Å². The number of rotatable bonds is 4. The fraction of sp³-hybridized carbons (Fsp3) is 0.412. The van der Waals surface area contributed by atoms with E-state index in [1.807, 2.05) is 30.1 Å². The van der Waals surface area contributed by atoms with Gasteiger partial charge in [-0.2, -0.15) is 5.10 Å². The second-order valence-corrected chi connectivity index (χ2v) is 6.26. The van der Waals surface area contributed by atoms with Crippen molar-refractivity contribution in [2.45, 2.75) is 31.7 Å². The van der Waals surface area contributed by atoms with Crippen molar-refractivity contribution in [1.29, 1.82) is 0 Å². The number of nitrogens with one attached hydrogen (secondary N) is 1. The summed E-state index contributed by atoms with van der Waals surface area (Å²) in [6.07, 6.45) is 12.2. The van der Waals surface area contributed by atoms with Crippen molar-refractivity contribution in [2.75, 3.05) is 5.32 Å². The highest BCUT2D eigenvalue weighted by Gasteiger charge is 2.28. The Labute approximate surface area is 135 Å². The molecule has 0 saturated heterocycles. The third-order valence-corrected chi connectivity index (χ3v) is 4.58. The fourth-order valence-corrected chi connectivity index (χ4v) is 3.48. The van der Waals surface area contributed by atoms with Crippen molar-refractivity contribution in [3.8, 4) is 0 Å². The van der Waals surface area contributed by atoms with Gasteiger partial charge >= 0.3 is 0 Å². The number of hydrogen-bond acceptors (Lipinski definition) is 5. The SMILES string of the molecule is Cn1cc(CC2CCCC2Nc2ccc3nccnc3n2)cn1. The standard InChI is InChI=1S/C17H20N6/c1-23-11-12(10-20-23)9-13-3-2-4-14(13)21-16-6-5-15-17(22-16)19-8-7-18-15/h5-8,10-11,13-14H,2-4,9H2,1H3,(H,19,21,22). The van der Waals surface area contributed by atoms with Crippen molar-refractivity contribution in [1.82, 2.24) is 24.7 Å². The molecule has 118 valence electrons. The van der Waals surface area contributed by atoms with Crippen LogP contribution in [-0.4, -0.2) is 30.8 Å². The summed E-state index contributed by atoms with van der Waals surface area (Å²) in [7, 11) is 1.97. The largest absolute Gasteiger partial charge is 0.367 e. The molecule has 1 saturated carbocycles. The molecular weight excluding hydrogens is 288 g/mol. The Hall–Kier alpha value is -2.50. The molecule has 3 aromatic heterocycles. The molecule has 4 rings (SSSR count). The minimum absolute atomic E-state index is 0.455. The highest BCUT2D eigenvalue weighted by molar-refractivity contribution is 5.71. The van der Waals surface area contributed by atoms with Gasteiger partial charge in [-0.05, 0) is 42.9 Å². The van der Waals surface area contributed by atoms with Gasteiger partial charge in [-0.1, -0.05) is 6.42 Å². The van der Waals surface area contributed by atoms with Crippen LogP contribution in [0.3, 0.4) is 0 Å². The van der Waals surface area contributed by atoms with Crippen molar-refractivity contribution in [3.63, 3.8) is 0 Å². The first-order chi connectivity index (χ1) is 11.3. The van der Waals surface area contributed by atoms with E-state index in [0.29, 0.717) is 17.6 Å². The first-order valence-corrected chi connectivity index (χ1v) is 8.10. The van der Waals surface area contributed by atoms with Crippen molar-refractivity contribution < 1.29 is 0 Å².